The van der Waals surface area contributed by atoms with Gasteiger partial charge in [0.15, 0.2) is 23.2 Å². The number of ketones is 1. The maximum absolute atomic E-state index is 12.7. The number of hydrogen-bond acceptors (Lipinski definition) is 3. The summed E-state index contributed by atoms with van der Waals surface area (Å²) >= 11 is 0. The van der Waals surface area contributed by atoms with E-state index in [0.717, 1.165) is 0 Å². The number of carbonyl (C=O) groups excluding carboxylic acids is 1. The van der Waals surface area contributed by atoms with Crippen LogP contribution in [0.5, 0.6) is 0 Å². The number of hydroxylamine groups is 1. The number of hydrogen-bond donors (Lipinski definition) is 1. The Kier molecular flexibility index (Phi) is 3.81. The summed E-state index contributed by atoms with van der Waals surface area (Å²) in [4.78, 5) is 15.6. The van der Waals surface area contributed by atoms with E-state index < -0.39 is 23.2 Å². The molecule has 1 aromatic rings. The molecule has 0 heterocycles. The van der Waals surface area contributed by atoms with Gasteiger partial charge in [-0.05, 0) is 12.1 Å². The van der Waals surface area contributed by atoms with Gasteiger partial charge in [-0.15, -0.1) is 0 Å². The number of carbonyl (C=O) groups is 1. The third-order valence-electron chi connectivity index (χ3n) is 1.68. The highest BCUT2D eigenvalue weighted by molar-refractivity contribution is 5.97. The summed E-state index contributed by atoms with van der Waals surface area (Å²) in [7, 11) is 1.29. The monoisotopic (exact) mass is 219 g/mol. The SMILES string of the molecule is CONCC(=O)c1cc(F)c(F)c(F)c1. The molecule has 0 atom stereocenters. The quantitative estimate of drug-likeness (QED) is 0.473. The van der Waals surface area contributed by atoms with Crippen LogP contribution < -0.4 is 5.48 Å². The number of nitrogens with one attached hydrogen (secondary N) is 1. The molecule has 3 nitrogen and oxygen atoms in total. The van der Waals surface area contributed by atoms with Crippen LogP contribution in [-0.4, -0.2) is 19.4 Å². The first-order chi connectivity index (χ1) is 7.06. The Balaban J connectivity index is 2.91. The normalized spacial score (nSPS) is 10.4. The van der Waals surface area contributed by atoms with Crippen LogP contribution in [0.15, 0.2) is 12.1 Å². The molecule has 0 fully saturated rings. The molecule has 15 heavy (non-hydrogen) atoms. The molecule has 0 aliphatic heterocycles. The average Bonchev–Trinajstić information content (AvgIpc) is 2.21. The lowest BCUT2D eigenvalue weighted by molar-refractivity contribution is 0.0735. The van der Waals surface area contributed by atoms with E-state index in [2.05, 4.69) is 10.3 Å². The van der Waals surface area contributed by atoms with E-state index in [1.165, 1.54) is 7.11 Å². The molecule has 1 N–H and O–H groups in total. The van der Waals surface area contributed by atoms with Gasteiger partial charge in [0.2, 0.25) is 0 Å². The first-order valence-electron chi connectivity index (χ1n) is 4.00. The molecule has 0 saturated heterocycles. The third-order valence-corrected chi connectivity index (χ3v) is 1.68. The fourth-order valence-corrected chi connectivity index (χ4v) is 0.956. The summed E-state index contributed by atoms with van der Waals surface area (Å²) < 4.78 is 37.9. The van der Waals surface area contributed by atoms with Gasteiger partial charge in [-0.25, -0.2) is 13.2 Å². The number of benzene rings is 1. The average molecular weight is 219 g/mol. The van der Waals surface area contributed by atoms with Crippen LogP contribution in [0, 0.1) is 17.5 Å². The first kappa shape index (κ1) is 11.7. The van der Waals surface area contributed by atoms with E-state index in [-0.39, 0.29) is 12.1 Å². The lowest BCUT2D eigenvalue weighted by Gasteiger charge is -2.03. The van der Waals surface area contributed by atoms with Crippen molar-refractivity contribution in [1.82, 2.24) is 5.48 Å². The highest BCUT2D eigenvalue weighted by atomic mass is 19.2. The Morgan fingerprint density at radius 3 is 2.33 bits per heavy atom. The molecule has 0 saturated carbocycles. The van der Waals surface area contributed by atoms with Crippen LogP contribution in [0.25, 0.3) is 0 Å². The predicted octanol–water partition coefficient (Wildman–Crippen LogP) is 1.44. The second-order valence-corrected chi connectivity index (χ2v) is 2.70. The topological polar surface area (TPSA) is 38.3 Å². The Bertz CT molecular complexity index is 359. The van der Waals surface area contributed by atoms with E-state index >= 15 is 0 Å². The van der Waals surface area contributed by atoms with Gasteiger partial charge in [0, 0.05) is 5.56 Å². The Labute approximate surface area is 83.8 Å². The van der Waals surface area contributed by atoms with E-state index in [4.69, 9.17) is 0 Å². The molecule has 6 heteroatoms. The largest absolute Gasteiger partial charge is 0.305 e. The van der Waals surface area contributed by atoms with Crippen molar-refractivity contribution < 1.29 is 22.8 Å². The van der Waals surface area contributed by atoms with Crippen LogP contribution in [0.2, 0.25) is 0 Å². The van der Waals surface area contributed by atoms with Crippen molar-refractivity contribution in [3.05, 3.63) is 35.1 Å². The standard InChI is InChI=1S/C9H8F3NO2/c1-15-13-4-8(14)5-2-6(10)9(12)7(11)3-5/h2-3,13H,4H2,1H3. The molecule has 0 radical (unpaired) electrons. The Morgan fingerprint density at radius 2 is 1.87 bits per heavy atom. The van der Waals surface area contributed by atoms with Gasteiger partial charge in [-0.1, -0.05) is 0 Å². The van der Waals surface area contributed by atoms with Crippen LogP contribution in [0.1, 0.15) is 10.4 Å². The lowest BCUT2D eigenvalue weighted by Crippen LogP contribution is -2.22. The highest BCUT2D eigenvalue weighted by Gasteiger charge is 2.14. The van der Waals surface area contributed by atoms with Crippen molar-refractivity contribution in [2.24, 2.45) is 0 Å². The number of Topliss-reactive ketones (excluding diaryl/α,β-unsaturated/α-hetero) is 1. The maximum Gasteiger partial charge on any atom is 0.194 e. The summed E-state index contributed by atoms with van der Waals surface area (Å²) in [5.41, 5.74) is 1.96. The van der Waals surface area contributed by atoms with Gasteiger partial charge >= 0.3 is 0 Å². The van der Waals surface area contributed by atoms with Gasteiger partial charge in [-0.2, -0.15) is 5.48 Å². The minimum Gasteiger partial charge on any atom is -0.305 e. The molecule has 0 unspecified atom stereocenters. The van der Waals surface area contributed by atoms with Crippen LogP contribution in [0.4, 0.5) is 13.2 Å². The summed E-state index contributed by atoms with van der Waals surface area (Å²) in [6.45, 7) is -0.249. The predicted molar refractivity (Wildman–Crippen MR) is 45.7 cm³/mol. The molecular weight excluding hydrogens is 211 g/mol. The molecule has 0 aliphatic rings. The number of rotatable bonds is 4. The summed E-state index contributed by atoms with van der Waals surface area (Å²) in [5.74, 6) is -4.98. The molecule has 0 aromatic heterocycles. The van der Waals surface area contributed by atoms with E-state index in [0.29, 0.717) is 12.1 Å². The third kappa shape index (κ3) is 2.77. The maximum atomic E-state index is 12.7. The van der Waals surface area contributed by atoms with E-state index in [9.17, 15) is 18.0 Å². The van der Waals surface area contributed by atoms with Gasteiger partial charge in [0.1, 0.15) is 0 Å². The van der Waals surface area contributed by atoms with Gasteiger partial charge in [-0.3, -0.25) is 4.79 Å². The molecule has 1 aromatic carbocycles. The van der Waals surface area contributed by atoms with Crippen LogP contribution >= 0.6 is 0 Å². The second-order valence-electron chi connectivity index (χ2n) is 2.70. The fraction of sp³-hybridized carbons (Fsp3) is 0.222. The first-order valence-corrected chi connectivity index (χ1v) is 4.00. The minimum atomic E-state index is -1.59. The van der Waals surface area contributed by atoms with Crippen molar-refractivity contribution in [3.8, 4) is 0 Å². The summed E-state index contributed by atoms with van der Waals surface area (Å²) in [5, 5.41) is 0. The Morgan fingerprint density at radius 1 is 1.33 bits per heavy atom. The van der Waals surface area contributed by atoms with Crippen LogP contribution in [-0.2, 0) is 4.84 Å². The molecule has 0 bridgehead atoms. The Hall–Kier alpha value is -1.40. The van der Waals surface area contributed by atoms with Crippen molar-refractivity contribution >= 4 is 5.78 Å². The van der Waals surface area contributed by atoms with Crippen molar-refractivity contribution in [2.45, 2.75) is 0 Å². The zero-order valence-electron chi connectivity index (χ0n) is 7.81. The van der Waals surface area contributed by atoms with Gasteiger partial charge in [0.05, 0.1) is 13.7 Å². The summed E-state index contributed by atoms with van der Waals surface area (Å²) in [6.07, 6.45) is 0. The zero-order chi connectivity index (χ0) is 11.4. The van der Waals surface area contributed by atoms with Crippen molar-refractivity contribution in [3.63, 3.8) is 0 Å². The molecule has 0 spiro atoms. The van der Waals surface area contributed by atoms with Gasteiger partial charge < -0.3 is 4.84 Å². The summed E-state index contributed by atoms with van der Waals surface area (Å²) in [6, 6.07) is 1.27. The molecular formula is C9H8F3NO2. The molecule has 0 amide bonds. The lowest BCUT2D eigenvalue weighted by atomic mass is 10.1. The molecule has 82 valence electrons. The zero-order valence-corrected chi connectivity index (χ0v) is 7.81. The smallest absolute Gasteiger partial charge is 0.194 e. The van der Waals surface area contributed by atoms with Crippen molar-refractivity contribution in [2.75, 3.05) is 13.7 Å². The highest BCUT2D eigenvalue weighted by Crippen LogP contribution is 2.13. The van der Waals surface area contributed by atoms with Crippen molar-refractivity contribution in [1.29, 1.82) is 0 Å². The van der Waals surface area contributed by atoms with E-state index in [1.807, 2.05) is 0 Å². The molecule has 1 rings (SSSR count). The second kappa shape index (κ2) is 4.90. The molecule has 0 aliphatic carbocycles. The van der Waals surface area contributed by atoms with E-state index in [1.54, 1.807) is 0 Å². The van der Waals surface area contributed by atoms with Gasteiger partial charge in [0.25, 0.3) is 0 Å². The minimum absolute atomic E-state index is 0.249. The fourth-order valence-electron chi connectivity index (χ4n) is 0.956. The number of halogens is 3. The van der Waals surface area contributed by atoms with Crippen LogP contribution in [0.3, 0.4) is 0 Å².